The molecule has 3 rings (SSSR count). The average molecular weight is 318 g/mol. The molecule has 2 N–H and O–H groups in total. The van der Waals surface area contributed by atoms with Crippen molar-refractivity contribution < 1.29 is 15.0 Å². The van der Waals surface area contributed by atoms with Gasteiger partial charge in [0.25, 0.3) is 0 Å². The molecule has 3 heteroatoms. The number of carbonyl (C=O) groups is 1. The van der Waals surface area contributed by atoms with E-state index in [0.29, 0.717) is 19.3 Å². The van der Waals surface area contributed by atoms with Gasteiger partial charge in [0, 0.05) is 13.0 Å². The molecule has 0 aromatic heterocycles. The molecule has 3 nitrogen and oxygen atoms in total. The molecule has 0 unspecified atom stereocenters. The topological polar surface area (TPSA) is 57.5 Å². The molecule has 1 saturated carbocycles. The first-order chi connectivity index (χ1) is 10.7. The number of aliphatic hydroxyl groups is 2. The molecular formula is C20H30O3. The first-order valence-electron chi connectivity index (χ1n) is 8.86. The quantitative estimate of drug-likeness (QED) is 0.767. The Morgan fingerprint density at radius 3 is 2.61 bits per heavy atom. The van der Waals surface area contributed by atoms with Gasteiger partial charge in [0.2, 0.25) is 0 Å². The summed E-state index contributed by atoms with van der Waals surface area (Å²) in [4.78, 5) is 12.9. The summed E-state index contributed by atoms with van der Waals surface area (Å²) in [6, 6.07) is 0. The fraction of sp³-hybridized carbons (Fsp3) is 0.750. The van der Waals surface area contributed by atoms with E-state index in [1.54, 1.807) is 0 Å². The van der Waals surface area contributed by atoms with Gasteiger partial charge in [-0.1, -0.05) is 32.4 Å². The molecule has 0 radical (unpaired) electrons. The second-order valence-electron chi connectivity index (χ2n) is 8.96. The Bertz CT molecular complexity index is 577. The highest BCUT2D eigenvalue weighted by Crippen LogP contribution is 2.62. The first kappa shape index (κ1) is 16.9. The van der Waals surface area contributed by atoms with Crippen LogP contribution >= 0.6 is 0 Å². The van der Waals surface area contributed by atoms with E-state index in [0.717, 1.165) is 24.8 Å². The number of hydrogen-bond donors (Lipinski definition) is 2. The van der Waals surface area contributed by atoms with Crippen molar-refractivity contribution in [2.75, 3.05) is 6.61 Å². The van der Waals surface area contributed by atoms with Crippen LogP contribution in [0.1, 0.15) is 59.3 Å². The van der Waals surface area contributed by atoms with Gasteiger partial charge in [-0.05, 0) is 59.8 Å². The lowest BCUT2D eigenvalue weighted by Gasteiger charge is -2.58. The predicted molar refractivity (Wildman–Crippen MR) is 90.8 cm³/mol. The maximum atomic E-state index is 12.9. The number of Topliss-reactive ketones (excluding diaryl/α,β-unsaturated/α-hetero) is 1. The van der Waals surface area contributed by atoms with Crippen LogP contribution in [0, 0.1) is 22.2 Å². The second kappa shape index (κ2) is 5.29. The van der Waals surface area contributed by atoms with Gasteiger partial charge in [0.05, 0.1) is 6.10 Å². The van der Waals surface area contributed by atoms with Gasteiger partial charge >= 0.3 is 0 Å². The highest BCUT2D eigenvalue weighted by molar-refractivity contribution is 5.98. The van der Waals surface area contributed by atoms with Gasteiger partial charge in [-0.3, -0.25) is 4.79 Å². The van der Waals surface area contributed by atoms with Crippen LogP contribution in [-0.4, -0.2) is 28.7 Å². The van der Waals surface area contributed by atoms with Crippen molar-refractivity contribution in [1.82, 2.24) is 0 Å². The van der Waals surface area contributed by atoms with Crippen molar-refractivity contribution in [1.29, 1.82) is 0 Å². The van der Waals surface area contributed by atoms with E-state index in [4.69, 9.17) is 0 Å². The summed E-state index contributed by atoms with van der Waals surface area (Å²) in [5.74, 6) is 0.383. The van der Waals surface area contributed by atoms with Crippen molar-refractivity contribution in [3.63, 3.8) is 0 Å². The maximum Gasteiger partial charge on any atom is 0.159 e. The standard InChI is InChI=1S/C20H30O3/c1-5-18(2)7-6-15-14(11-18)16(23)8-17-19(3,12-21)9-13(22)10-20(15,17)4/h5,13,17,21-22H,1,6-12H2,2-4H3/t13-,17+,18-,19-,20-/m0/s1. The summed E-state index contributed by atoms with van der Waals surface area (Å²) in [6.07, 6.45) is 6.09. The van der Waals surface area contributed by atoms with E-state index >= 15 is 0 Å². The van der Waals surface area contributed by atoms with Crippen LogP contribution in [0.3, 0.4) is 0 Å². The number of aliphatic hydroxyl groups excluding tert-OH is 2. The normalized spacial score (nSPS) is 47.1. The number of hydrogen-bond acceptors (Lipinski definition) is 3. The average Bonchev–Trinajstić information content (AvgIpc) is 2.49. The molecule has 3 aliphatic carbocycles. The summed E-state index contributed by atoms with van der Waals surface area (Å²) in [6.45, 7) is 10.4. The summed E-state index contributed by atoms with van der Waals surface area (Å²) in [5.41, 5.74) is 1.72. The third kappa shape index (κ3) is 2.44. The second-order valence-corrected chi connectivity index (χ2v) is 8.96. The van der Waals surface area contributed by atoms with Gasteiger partial charge in [0.15, 0.2) is 5.78 Å². The zero-order chi connectivity index (χ0) is 17.0. The van der Waals surface area contributed by atoms with E-state index in [1.807, 2.05) is 13.0 Å². The highest BCUT2D eigenvalue weighted by Gasteiger charge is 2.57. The van der Waals surface area contributed by atoms with Crippen LogP contribution in [0.15, 0.2) is 23.8 Å². The van der Waals surface area contributed by atoms with Gasteiger partial charge in [-0.25, -0.2) is 0 Å². The Morgan fingerprint density at radius 1 is 1.30 bits per heavy atom. The Labute approximate surface area is 139 Å². The number of fused-ring (bicyclic) bond motifs is 2. The Morgan fingerprint density at radius 2 is 2.00 bits per heavy atom. The fourth-order valence-electron chi connectivity index (χ4n) is 5.67. The molecule has 0 spiro atoms. The molecule has 3 aliphatic rings. The maximum absolute atomic E-state index is 12.9. The lowest BCUT2D eigenvalue weighted by atomic mass is 9.47. The first-order valence-corrected chi connectivity index (χ1v) is 8.86. The molecule has 0 amide bonds. The SMILES string of the molecule is C=C[C@@]1(C)CCC2=C(C1)C(=O)C[C@@H]1[C@](C)(CO)C[C@H](O)C[C@@]21C. The lowest BCUT2D eigenvalue weighted by Crippen LogP contribution is -2.54. The van der Waals surface area contributed by atoms with Crippen LogP contribution in [0.2, 0.25) is 0 Å². The van der Waals surface area contributed by atoms with Crippen LogP contribution in [0.5, 0.6) is 0 Å². The largest absolute Gasteiger partial charge is 0.396 e. The molecule has 5 atom stereocenters. The molecular weight excluding hydrogens is 288 g/mol. The van der Waals surface area contributed by atoms with Crippen molar-refractivity contribution in [2.24, 2.45) is 22.2 Å². The van der Waals surface area contributed by atoms with Crippen molar-refractivity contribution in [2.45, 2.75) is 65.4 Å². The minimum atomic E-state index is -0.400. The Hall–Kier alpha value is -0.930. The minimum absolute atomic E-state index is 0.00521. The smallest absolute Gasteiger partial charge is 0.159 e. The van der Waals surface area contributed by atoms with Crippen molar-refractivity contribution in [3.8, 4) is 0 Å². The number of carbonyl (C=O) groups excluding carboxylic acids is 1. The van der Waals surface area contributed by atoms with Crippen molar-refractivity contribution in [3.05, 3.63) is 23.8 Å². The van der Waals surface area contributed by atoms with Crippen molar-refractivity contribution >= 4 is 5.78 Å². The Balaban J connectivity index is 2.09. The molecule has 23 heavy (non-hydrogen) atoms. The van der Waals surface area contributed by atoms with Crippen LogP contribution in [0.25, 0.3) is 0 Å². The zero-order valence-electron chi connectivity index (χ0n) is 14.7. The van der Waals surface area contributed by atoms with Crippen LogP contribution in [-0.2, 0) is 4.79 Å². The third-order valence-corrected chi connectivity index (χ3v) is 7.13. The lowest BCUT2D eigenvalue weighted by molar-refractivity contribution is -0.131. The van der Waals surface area contributed by atoms with Crippen LogP contribution in [0.4, 0.5) is 0 Å². The van der Waals surface area contributed by atoms with Gasteiger partial charge in [0.1, 0.15) is 0 Å². The molecule has 0 aromatic rings. The van der Waals surface area contributed by atoms with E-state index in [9.17, 15) is 15.0 Å². The number of allylic oxidation sites excluding steroid dienone is 3. The Kier molecular flexibility index (Phi) is 3.89. The molecule has 0 bridgehead atoms. The molecule has 0 saturated heterocycles. The van der Waals surface area contributed by atoms with E-state index in [1.165, 1.54) is 5.57 Å². The zero-order valence-corrected chi connectivity index (χ0v) is 14.7. The molecule has 0 aliphatic heterocycles. The molecule has 0 aromatic carbocycles. The summed E-state index contributed by atoms with van der Waals surface area (Å²) in [5, 5.41) is 20.4. The van der Waals surface area contributed by atoms with Gasteiger partial charge in [-0.2, -0.15) is 0 Å². The van der Waals surface area contributed by atoms with E-state index in [-0.39, 0.29) is 34.6 Å². The molecule has 0 heterocycles. The van der Waals surface area contributed by atoms with E-state index in [2.05, 4.69) is 20.4 Å². The number of ketones is 1. The number of rotatable bonds is 2. The monoisotopic (exact) mass is 318 g/mol. The summed E-state index contributed by atoms with van der Waals surface area (Å²) < 4.78 is 0. The van der Waals surface area contributed by atoms with E-state index < -0.39 is 6.10 Å². The van der Waals surface area contributed by atoms with Gasteiger partial charge in [-0.15, -0.1) is 6.58 Å². The molecule has 128 valence electrons. The summed E-state index contributed by atoms with van der Waals surface area (Å²) in [7, 11) is 0. The predicted octanol–water partition coefficient (Wildman–Crippen LogP) is 3.41. The summed E-state index contributed by atoms with van der Waals surface area (Å²) >= 11 is 0. The third-order valence-electron chi connectivity index (χ3n) is 7.13. The highest BCUT2D eigenvalue weighted by atomic mass is 16.3. The van der Waals surface area contributed by atoms with Gasteiger partial charge < -0.3 is 10.2 Å². The minimum Gasteiger partial charge on any atom is -0.396 e. The molecule has 1 fully saturated rings. The van der Waals surface area contributed by atoms with Crippen LogP contribution < -0.4 is 0 Å². The fourth-order valence-corrected chi connectivity index (χ4v) is 5.67.